The summed E-state index contributed by atoms with van der Waals surface area (Å²) in [5, 5.41) is 3.09. The third-order valence-electron chi connectivity index (χ3n) is 2.91. The van der Waals surface area contributed by atoms with Crippen LogP contribution in [0.25, 0.3) is 0 Å². The molecular formula is C15H18N4O2. The van der Waals surface area contributed by atoms with Gasteiger partial charge in [-0.3, -0.25) is 4.79 Å². The number of carbonyl (C=O) groups excluding carboxylic acids is 1. The summed E-state index contributed by atoms with van der Waals surface area (Å²) in [6.45, 7) is 2.75. The van der Waals surface area contributed by atoms with E-state index in [0.717, 1.165) is 17.0 Å². The number of hydrogen-bond acceptors (Lipinski definition) is 5. The average molecular weight is 286 g/mol. The molecule has 5 N–H and O–H groups in total. The molecule has 1 aromatic carbocycles. The van der Waals surface area contributed by atoms with Crippen molar-refractivity contribution in [1.82, 2.24) is 4.98 Å². The molecule has 0 bridgehead atoms. The van der Waals surface area contributed by atoms with Crippen LogP contribution in [0.2, 0.25) is 0 Å². The van der Waals surface area contributed by atoms with Gasteiger partial charge >= 0.3 is 0 Å². The summed E-state index contributed by atoms with van der Waals surface area (Å²) in [5.41, 5.74) is 12.7. The van der Waals surface area contributed by atoms with E-state index >= 15 is 0 Å². The van der Waals surface area contributed by atoms with E-state index in [9.17, 15) is 4.79 Å². The molecule has 0 aliphatic rings. The van der Waals surface area contributed by atoms with Crippen LogP contribution in [0.3, 0.4) is 0 Å². The van der Waals surface area contributed by atoms with Crippen LogP contribution in [0.15, 0.2) is 36.5 Å². The summed E-state index contributed by atoms with van der Waals surface area (Å²) in [7, 11) is 0. The number of nitrogens with one attached hydrogen (secondary N) is 1. The minimum Gasteiger partial charge on any atom is -0.492 e. The van der Waals surface area contributed by atoms with Gasteiger partial charge < -0.3 is 21.5 Å². The first-order chi connectivity index (χ1) is 10.1. The van der Waals surface area contributed by atoms with Gasteiger partial charge in [-0.05, 0) is 42.8 Å². The van der Waals surface area contributed by atoms with Gasteiger partial charge in [0.25, 0.3) is 5.91 Å². The molecule has 0 saturated carbocycles. The molecule has 0 saturated heterocycles. The largest absolute Gasteiger partial charge is 0.492 e. The summed E-state index contributed by atoms with van der Waals surface area (Å²) >= 11 is 0. The Balaban J connectivity index is 2.19. The van der Waals surface area contributed by atoms with Crippen LogP contribution in [0.5, 0.6) is 5.75 Å². The Kier molecular flexibility index (Phi) is 4.73. The number of primary amides is 1. The maximum absolute atomic E-state index is 11.5. The molecular weight excluding hydrogens is 268 g/mol. The third kappa shape index (κ3) is 3.70. The highest BCUT2D eigenvalue weighted by Gasteiger charge is 2.12. The molecule has 1 heterocycles. The zero-order chi connectivity index (χ0) is 15.2. The third-order valence-corrected chi connectivity index (χ3v) is 2.91. The number of aromatic nitrogens is 1. The topological polar surface area (TPSA) is 103 Å². The van der Waals surface area contributed by atoms with E-state index in [-0.39, 0.29) is 0 Å². The first-order valence-electron chi connectivity index (χ1n) is 6.57. The number of anilines is 2. The summed E-state index contributed by atoms with van der Waals surface area (Å²) < 4.78 is 5.40. The summed E-state index contributed by atoms with van der Waals surface area (Å²) in [6.07, 6.45) is 1.63. The number of rotatable bonds is 6. The summed E-state index contributed by atoms with van der Waals surface area (Å²) in [6, 6.07) is 9.05. The fourth-order valence-electron chi connectivity index (χ4n) is 1.91. The van der Waals surface area contributed by atoms with Crippen molar-refractivity contribution in [3.8, 4) is 5.75 Å². The maximum Gasteiger partial charge on any atom is 0.252 e. The Bertz CT molecular complexity index is 626. The number of pyridine rings is 1. The number of ether oxygens (including phenoxy) is 1. The molecule has 0 radical (unpaired) electrons. The highest BCUT2D eigenvalue weighted by molar-refractivity contribution is 5.99. The van der Waals surface area contributed by atoms with E-state index in [1.165, 1.54) is 0 Å². The number of amides is 1. The number of nitrogens with zero attached hydrogens (tertiary/aromatic N) is 1. The minimum absolute atomic E-state index is 0.390. The predicted molar refractivity (Wildman–Crippen MR) is 81.8 cm³/mol. The van der Waals surface area contributed by atoms with Gasteiger partial charge in [0.2, 0.25) is 0 Å². The molecule has 2 aromatic rings. The lowest BCUT2D eigenvalue weighted by Crippen LogP contribution is -2.16. The fourth-order valence-corrected chi connectivity index (χ4v) is 1.91. The van der Waals surface area contributed by atoms with E-state index in [4.69, 9.17) is 16.2 Å². The van der Waals surface area contributed by atoms with Gasteiger partial charge in [-0.15, -0.1) is 0 Å². The van der Waals surface area contributed by atoms with Gasteiger partial charge in [0.15, 0.2) is 0 Å². The van der Waals surface area contributed by atoms with Crippen LogP contribution in [-0.2, 0) is 0 Å². The number of nitrogens with two attached hydrogens (primary N) is 2. The van der Waals surface area contributed by atoms with Gasteiger partial charge in [-0.1, -0.05) is 0 Å². The van der Waals surface area contributed by atoms with Crippen molar-refractivity contribution in [2.24, 2.45) is 11.5 Å². The van der Waals surface area contributed by atoms with Crippen LogP contribution in [-0.4, -0.2) is 24.0 Å². The standard InChI is InChI=1S/C15H18N4O2/c1-10-6-8-18-15(13(10)14(17)20)19-11-2-4-12(5-3-11)21-9-7-16/h2-6,8H,7,9,16H2,1H3,(H2,17,20)(H,18,19). The lowest BCUT2D eigenvalue weighted by Gasteiger charge is -2.11. The quantitative estimate of drug-likeness (QED) is 0.748. The summed E-state index contributed by atoms with van der Waals surface area (Å²) in [5.74, 6) is 0.669. The Labute approximate surface area is 123 Å². The van der Waals surface area contributed by atoms with Crippen LogP contribution < -0.4 is 21.5 Å². The highest BCUT2D eigenvalue weighted by atomic mass is 16.5. The van der Waals surface area contributed by atoms with Gasteiger partial charge in [-0.2, -0.15) is 0 Å². The SMILES string of the molecule is Cc1ccnc(Nc2ccc(OCCN)cc2)c1C(N)=O. The lowest BCUT2D eigenvalue weighted by atomic mass is 10.1. The zero-order valence-corrected chi connectivity index (χ0v) is 11.8. The molecule has 0 spiro atoms. The van der Waals surface area contributed by atoms with E-state index in [2.05, 4.69) is 10.3 Å². The maximum atomic E-state index is 11.5. The lowest BCUT2D eigenvalue weighted by molar-refractivity contribution is 0.100. The predicted octanol–water partition coefficient (Wildman–Crippen LogP) is 1.57. The van der Waals surface area contributed by atoms with Crippen molar-refractivity contribution in [2.75, 3.05) is 18.5 Å². The normalized spacial score (nSPS) is 10.2. The minimum atomic E-state index is -0.508. The van der Waals surface area contributed by atoms with Gasteiger partial charge in [-0.25, -0.2) is 4.98 Å². The van der Waals surface area contributed by atoms with Crippen LogP contribution in [0, 0.1) is 6.92 Å². The van der Waals surface area contributed by atoms with Crippen LogP contribution >= 0.6 is 0 Å². The number of benzene rings is 1. The number of aryl methyl sites for hydroxylation is 1. The Morgan fingerprint density at radius 2 is 2.00 bits per heavy atom. The zero-order valence-electron chi connectivity index (χ0n) is 11.8. The van der Waals surface area contributed by atoms with Crippen molar-refractivity contribution < 1.29 is 9.53 Å². The molecule has 0 aliphatic heterocycles. The second-order valence-electron chi connectivity index (χ2n) is 4.50. The van der Waals surface area contributed by atoms with Gasteiger partial charge in [0.1, 0.15) is 18.2 Å². The second kappa shape index (κ2) is 6.71. The summed E-state index contributed by atoms with van der Waals surface area (Å²) in [4.78, 5) is 15.7. The molecule has 1 aromatic heterocycles. The molecule has 0 unspecified atom stereocenters. The molecule has 0 atom stereocenters. The van der Waals surface area contributed by atoms with Crippen molar-refractivity contribution in [2.45, 2.75) is 6.92 Å². The molecule has 2 rings (SSSR count). The van der Waals surface area contributed by atoms with Crippen molar-refractivity contribution >= 4 is 17.4 Å². The van der Waals surface area contributed by atoms with Crippen LogP contribution in [0.1, 0.15) is 15.9 Å². The Morgan fingerprint density at radius 3 is 2.62 bits per heavy atom. The molecule has 110 valence electrons. The molecule has 0 aliphatic carbocycles. The highest BCUT2D eigenvalue weighted by Crippen LogP contribution is 2.22. The Morgan fingerprint density at radius 1 is 1.29 bits per heavy atom. The first-order valence-corrected chi connectivity index (χ1v) is 6.57. The smallest absolute Gasteiger partial charge is 0.252 e. The Hall–Kier alpha value is -2.60. The molecule has 6 heteroatoms. The van der Waals surface area contributed by atoms with Crippen molar-refractivity contribution in [1.29, 1.82) is 0 Å². The van der Waals surface area contributed by atoms with E-state index in [1.54, 1.807) is 12.3 Å². The number of carbonyl (C=O) groups is 1. The molecule has 21 heavy (non-hydrogen) atoms. The average Bonchev–Trinajstić information content (AvgIpc) is 2.46. The molecule has 6 nitrogen and oxygen atoms in total. The van der Waals surface area contributed by atoms with Gasteiger partial charge in [0.05, 0.1) is 5.56 Å². The van der Waals surface area contributed by atoms with Gasteiger partial charge in [0, 0.05) is 18.4 Å². The first kappa shape index (κ1) is 14.8. The van der Waals surface area contributed by atoms with E-state index in [1.807, 2.05) is 31.2 Å². The second-order valence-corrected chi connectivity index (χ2v) is 4.50. The van der Waals surface area contributed by atoms with Crippen LogP contribution in [0.4, 0.5) is 11.5 Å². The number of hydrogen-bond donors (Lipinski definition) is 3. The monoisotopic (exact) mass is 286 g/mol. The van der Waals surface area contributed by atoms with E-state index < -0.39 is 5.91 Å². The van der Waals surface area contributed by atoms with Crippen molar-refractivity contribution in [3.63, 3.8) is 0 Å². The van der Waals surface area contributed by atoms with Crippen molar-refractivity contribution in [3.05, 3.63) is 47.7 Å². The van der Waals surface area contributed by atoms with E-state index in [0.29, 0.717) is 24.5 Å². The molecule has 1 amide bonds. The fraction of sp³-hybridized carbons (Fsp3) is 0.200. The molecule has 0 fully saturated rings.